The summed E-state index contributed by atoms with van der Waals surface area (Å²) in [4.78, 5) is 0. The van der Waals surface area contributed by atoms with Gasteiger partial charge in [-0.3, -0.25) is 0 Å². The quantitative estimate of drug-likeness (QED) is 0.461. The Kier molecular flexibility index (Phi) is 4.28. The average molecular weight is 165 g/mol. The molecule has 0 aliphatic heterocycles. The van der Waals surface area contributed by atoms with Crippen LogP contribution in [0.2, 0.25) is 0 Å². The molecule has 0 heterocycles. The molecule has 0 saturated heterocycles. The van der Waals surface area contributed by atoms with Crippen LogP contribution in [0.15, 0.2) is 35.7 Å². The normalized spacial score (nSPS) is 7.78. The predicted octanol–water partition coefficient (Wildman–Crippen LogP) is 2.98. The van der Waals surface area contributed by atoms with Gasteiger partial charge in [0, 0.05) is 6.08 Å². The standard InChI is InChI=1S/C6H6Cl2O/c1-3-9-5(2)4-6(7)8/h3-4H,1-2H2. The minimum Gasteiger partial charge on any atom is -0.466 e. The summed E-state index contributed by atoms with van der Waals surface area (Å²) in [6.45, 7) is 6.76. The molecule has 0 aliphatic rings. The summed E-state index contributed by atoms with van der Waals surface area (Å²) in [6, 6.07) is 0. The third-order valence-corrected chi connectivity index (χ3v) is 0.723. The van der Waals surface area contributed by atoms with E-state index in [9.17, 15) is 0 Å². The zero-order valence-corrected chi connectivity index (χ0v) is 6.24. The van der Waals surface area contributed by atoms with Crippen molar-refractivity contribution in [3.63, 3.8) is 0 Å². The Balaban J connectivity index is 3.76. The monoisotopic (exact) mass is 164 g/mol. The van der Waals surface area contributed by atoms with Gasteiger partial charge in [-0.05, 0) is 0 Å². The summed E-state index contributed by atoms with van der Waals surface area (Å²) in [7, 11) is 0. The van der Waals surface area contributed by atoms with Gasteiger partial charge in [0.1, 0.15) is 10.3 Å². The van der Waals surface area contributed by atoms with Crippen molar-refractivity contribution in [2.24, 2.45) is 0 Å². The van der Waals surface area contributed by atoms with Gasteiger partial charge in [-0.25, -0.2) is 0 Å². The maximum atomic E-state index is 5.26. The largest absolute Gasteiger partial charge is 0.466 e. The molecule has 50 valence electrons. The molecule has 0 bridgehead atoms. The first-order valence-corrected chi connectivity index (χ1v) is 2.91. The van der Waals surface area contributed by atoms with E-state index < -0.39 is 0 Å². The lowest BCUT2D eigenvalue weighted by atomic mass is 10.5. The Bertz CT molecular complexity index is 145. The molecular formula is C6H6Cl2O. The highest BCUT2D eigenvalue weighted by Gasteiger charge is 1.86. The lowest BCUT2D eigenvalue weighted by molar-refractivity contribution is 0.372. The summed E-state index contributed by atoms with van der Waals surface area (Å²) in [6.07, 6.45) is 2.63. The fourth-order valence-corrected chi connectivity index (χ4v) is 0.506. The molecule has 1 nitrogen and oxygen atoms in total. The Hall–Kier alpha value is -0.400. The van der Waals surface area contributed by atoms with Gasteiger partial charge in [0.2, 0.25) is 0 Å². The van der Waals surface area contributed by atoms with Gasteiger partial charge in [0.25, 0.3) is 0 Å². The van der Waals surface area contributed by atoms with E-state index >= 15 is 0 Å². The second-order valence-electron chi connectivity index (χ2n) is 1.18. The highest BCUT2D eigenvalue weighted by molar-refractivity contribution is 6.56. The van der Waals surface area contributed by atoms with Crippen LogP contribution in [0.3, 0.4) is 0 Å². The van der Waals surface area contributed by atoms with Gasteiger partial charge in [0.15, 0.2) is 0 Å². The summed E-state index contributed by atoms with van der Waals surface area (Å²) in [5, 5.41) is 0. The summed E-state index contributed by atoms with van der Waals surface area (Å²) >= 11 is 10.5. The number of hydrogen-bond donors (Lipinski definition) is 0. The third kappa shape index (κ3) is 5.47. The Morgan fingerprint density at radius 3 is 2.33 bits per heavy atom. The van der Waals surface area contributed by atoms with E-state index in [1.54, 1.807) is 0 Å². The third-order valence-electron chi connectivity index (χ3n) is 0.505. The minimum atomic E-state index is 0.113. The summed E-state index contributed by atoms with van der Waals surface area (Å²) in [5.41, 5.74) is 0. The van der Waals surface area contributed by atoms with Gasteiger partial charge in [0.05, 0.1) is 6.26 Å². The molecule has 0 radical (unpaired) electrons. The fraction of sp³-hybridized carbons (Fsp3) is 0. The molecule has 0 rings (SSSR count). The number of hydrogen-bond acceptors (Lipinski definition) is 1. The van der Waals surface area contributed by atoms with Crippen LogP contribution in [0.1, 0.15) is 0 Å². The van der Waals surface area contributed by atoms with Crippen LogP contribution in [-0.2, 0) is 4.74 Å². The molecule has 9 heavy (non-hydrogen) atoms. The zero-order valence-electron chi connectivity index (χ0n) is 4.73. The molecule has 0 spiro atoms. The first-order chi connectivity index (χ1) is 4.16. The van der Waals surface area contributed by atoms with E-state index in [4.69, 9.17) is 23.2 Å². The van der Waals surface area contributed by atoms with Gasteiger partial charge >= 0.3 is 0 Å². The molecule has 0 atom stereocenters. The molecule has 0 amide bonds. The van der Waals surface area contributed by atoms with Crippen LogP contribution in [-0.4, -0.2) is 0 Å². The molecule has 0 saturated carbocycles. The lowest BCUT2D eigenvalue weighted by Crippen LogP contribution is -1.74. The first kappa shape index (κ1) is 8.60. The Morgan fingerprint density at radius 1 is 1.44 bits per heavy atom. The average Bonchev–Trinajstić information content (AvgIpc) is 1.63. The Labute approximate surface area is 64.2 Å². The van der Waals surface area contributed by atoms with Crippen molar-refractivity contribution in [1.29, 1.82) is 0 Å². The second-order valence-corrected chi connectivity index (χ2v) is 2.19. The van der Waals surface area contributed by atoms with Gasteiger partial charge in [-0.2, -0.15) is 0 Å². The van der Waals surface area contributed by atoms with Crippen molar-refractivity contribution in [3.05, 3.63) is 35.7 Å². The van der Waals surface area contributed by atoms with Crippen LogP contribution in [0, 0.1) is 0 Å². The topological polar surface area (TPSA) is 9.23 Å². The molecule has 0 unspecified atom stereocenters. The van der Waals surface area contributed by atoms with E-state index in [2.05, 4.69) is 17.9 Å². The minimum absolute atomic E-state index is 0.113. The van der Waals surface area contributed by atoms with Crippen LogP contribution in [0.25, 0.3) is 0 Å². The highest BCUT2D eigenvalue weighted by Crippen LogP contribution is 2.10. The van der Waals surface area contributed by atoms with Crippen molar-refractivity contribution in [1.82, 2.24) is 0 Å². The Morgan fingerprint density at radius 2 is 2.00 bits per heavy atom. The molecular weight excluding hydrogens is 159 g/mol. The zero-order chi connectivity index (χ0) is 7.28. The summed E-state index contributed by atoms with van der Waals surface area (Å²) < 4.78 is 4.79. The number of rotatable bonds is 3. The van der Waals surface area contributed by atoms with Crippen molar-refractivity contribution in [3.8, 4) is 0 Å². The van der Waals surface area contributed by atoms with Gasteiger partial charge < -0.3 is 4.74 Å². The molecule has 0 fully saturated rings. The molecule has 0 aromatic heterocycles. The van der Waals surface area contributed by atoms with Crippen molar-refractivity contribution in [2.45, 2.75) is 0 Å². The maximum absolute atomic E-state index is 5.26. The van der Waals surface area contributed by atoms with Crippen LogP contribution >= 0.6 is 23.2 Å². The maximum Gasteiger partial charge on any atom is 0.121 e. The van der Waals surface area contributed by atoms with Crippen LogP contribution in [0.4, 0.5) is 0 Å². The number of ether oxygens (including phenoxy) is 1. The van der Waals surface area contributed by atoms with Gasteiger partial charge in [-0.15, -0.1) is 0 Å². The SMILES string of the molecule is C=COC(=C)C=C(Cl)Cl. The lowest BCUT2D eigenvalue weighted by Gasteiger charge is -1.94. The van der Waals surface area contributed by atoms with E-state index in [-0.39, 0.29) is 4.49 Å². The van der Waals surface area contributed by atoms with Crippen molar-refractivity contribution in [2.75, 3.05) is 0 Å². The highest BCUT2D eigenvalue weighted by atomic mass is 35.5. The van der Waals surface area contributed by atoms with E-state index in [0.717, 1.165) is 0 Å². The van der Waals surface area contributed by atoms with E-state index in [1.165, 1.54) is 12.3 Å². The predicted molar refractivity (Wildman–Crippen MR) is 40.2 cm³/mol. The van der Waals surface area contributed by atoms with E-state index in [1.807, 2.05) is 0 Å². The van der Waals surface area contributed by atoms with Crippen LogP contribution < -0.4 is 0 Å². The summed E-state index contributed by atoms with van der Waals surface area (Å²) in [5.74, 6) is 0.366. The first-order valence-electron chi connectivity index (χ1n) is 2.16. The molecule has 0 aromatic rings. The van der Waals surface area contributed by atoms with E-state index in [0.29, 0.717) is 5.76 Å². The number of halogens is 2. The molecule has 0 N–H and O–H groups in total. The smallest absolute Gasteiger partial charge is 0.121 e. The van der Waals surface area contributed by atoms with Gasteiger partial charge in [-0.1, -0.05) is 36.4 Å². The van der Waals surface area contributed by atoms with Crippen LogP contribution in [0.5, 0.6) is 0 Å². The van der Waals surface area contributed by atoms with Crippen molar-refractivity contribution < 1.29 is 4.74 Å². The molecule has 0 aromatic carbocycles. The molecule has 0 aliphatic carbocycles. The fourth-order valence-electron chi connectivity index (χ4n) is 0.263. The second kappa shape index (κ2) is 4.48. The number of allylic oxidation sites excluding steroid dienone is 1. The molecule has 3 heteroatoms. The van der Waals surface area contributed by atoms with Crippen molar-refractivity contribution >= 4 is 23.2 Å².